The second kappa shape index (κ2) is 4.97. The maximum atomic E-state index is 11.2. The first-order valence-corrected chi connectivity index (χ1v) is 6.93. The number of carbonyl (C=O) groups excluding carboxylic acids is 1. The maximum Gasteiger partial charge on any atom is 0.495 e. The highest BCUT2D eigenvalue weighted by Gasteiger charge is 2.52. The van der Waals surface area contributed by atoms with Crippen molar-refractivity contribution in [3.8, 4) is 0 Å². The van der Waals surface area contributed by atoms with Gasteiger partial charge in [0.1, 0.15) is 5.78 Å². The summed E-state index contributed by atoms with van der Waals surface area (Å²) in [5, 5.41) is 0. The maximum absolute atomic E-state index is 11.2. The Morgan fingerprint density at radius 1 is 1.25 bits per heavy atom. The third-order valence-corrected chi connectivity index (χ3v) is 4.14. The number of pyridine rings is 1. The predicted octanol–water partition coefficient (Wildman–Crippen LogP) is 1.82. The predicted molar refractivity (Wildman–Crippen MR) is 79.1 cm³/mol. The molecule has 108 valence electrons. The lowest BCUT2D eigenvalue weighted by Crippen LogP contribution is -2.41. The molecule has 0 atom stereocenters. The average Bonchev–Trinajstić information content (AvgIpc) is 2.50. The lowest BCUT2D eigenvalue weighted by molar-refractivity contribution is -0.116. The molecule has 0 N–H and O–H groups in total. The highest BCUT2D eigenvalue weighted by Crippen LogP contribution is 2.36. The molecule has 0 unspecified atom stereocenters. The number of carbonyl (C=O) groups is 1. The summed E-state index contributed by atoms with van der Waals surface area (Å²) >= 11 is 0. The van der Waals surface area contributed by atoms with Crippen LogP contribution in [-0.2, 0) is 20.5 Å². The molecule has 1 aliphatic heterocycles. The molecule has 0 amide bonds. The van der Waals surface area contributed by atoms with E-state index in [0.717, 1.165) is 16.7 Å². The molecule has 4 nitrogen and oxygen atoms in total. The summed E-state index contributed by atoms with van der Waals surface area (Å²) in [7, 11) is -0.409. The van der Waals surface area contributed by atoms with E-state index in [1.807, 2.05) is 40.7 Å². The molecular formula is C15H22BNO3. The zero-order chi connectivity index (χ0) is 15.1. The Hall–Kier alpha value is -1.20. The van der Waals surface area contributed by atoms with E-state index < -0.39 is 7.12 Å². The van der Waals surface area contributed by atoms with Gasteiger partial charge in [-0.2, -0.15) is 0 Å². The first kappa shape index (κ1) is 15.2. The molecule has 0 saturated carbocycles. The van der Waals surface area contributed by atoms with Crippen molar-refractivity contribution >= 4 is 18.4 Å². The Bertz CT molecular complexity index is 524. The minimum Gasteiger partial charge on any atom is -0.399 e. The molecule has 0 aromatic carbocycles. The highest BCUT2D eigenvalue weighted by molar-refractivity contribution is 6.62. The van der Waals surface area contributed by atoms with Gasteiger partial charge in [0.25, 0.3) is 0 Å². The van der Waals surface area contributed by atoms with Crippen molar-refractivity contribution in [1.82, 2.24) is 4.98 Å². The SMILES string of the molecule is CC(=O)Cc1cc(B2OC(C)(C)C(C)(C)O2)c(C)cn1. The molecule has 1 fully saturated rings. The van der Waals surface area contributed by atoms with Crippen LogP contribution in [0.2, 0.25) is 0 Å². The average molecular weight is 275 g/mol. The van der Waals surface area contributed by atoms with Crippen LogP contribution in [0.4, 0.5) is 0 Å². The van der Waals surface area contributed by atoms with Crippen LogP contribution >= 0.6 is 0 Å². The van der Waals surface area contributed by atoms with Gasteiger partial charge < -0.3 is 9.31 Å². The van der Waals surface area contributed by atoms with Gasteiger partial charge in [-0.3, -0.25) is 9.78 Å². The van der Waals surface area contributed by atoms with E-state index in [1.54, 1.807) is 13.1 Å². The lowest BCUT2D eigenvalue weighted by atomic mass is 9.76. The zero-order valence-electron chi connectivity index (χ0n) is 13.1. The van der Waals surface area contributed by atoms with Gasteiger partial charge in [-0.25, -0.2) is 0 Å². The Morgan fingerprint density at radius 3 is 2.30 bits per heavy atom. The molecule has 2 rings (SSSR count). The van der Waals surface area contributed by atoms with Gasteiger partial charge >= 0.3 is 7.12 Å². The molecule has 2 heterocycles. The van der Waals surface area contributed by atoms with Gasteiger partial charge in [-0.15, -0.1) is 0 Å². The van der Waals surface area contributed by atoms with E-state index in [1.165, 1.54) is 0 Å². The fourth-order valence-electron chi connectivity index (χ4n) is 2.16. The second-order valence-corrected chi connectivity index (χ2v) is 6.50. The number of hydrogen-bond acceptors (Lipinski definition) is 4. The van der Waals surface area contributed by atoms with Crippen LogP contribution in [0.15, 0.2) is 12.3 Å². The molecule has 0 aliphatic carbocycles. The van der Waals surface area contributed by atoms with Crippen LogP contribution < -0.4 is 5.46 Å². The summed E-state index contributed by atoms with van der Waals surface area (Å²) < 4.78 is 12.1. The second-order valence-electron chi connectivity index (χ2n) is 6.50. The van der Waals surface area contributed by atoms with Gasteiger partial charge in [0.15, 0.2) is 0 Å². The number of hydrogen-bond donors (Lipinski definition) is 0. The summed E-state index contributed by atoms with van der Waals surface area (Å²) in [4.78, 5) is 15.5. The van der Waals surface area contributed by atoms with E-state index in [2.05, 4.69) is 4.98 Å². The summed E-state index contributed by atoms with van der Waals surface area (Å²) in [5.74, 6) is 0.0984. The van der Waals surface area contributed by atoms with Crippen LogP contribution in [-0.4, -0.2) is 29.1 Å². The van der Waals surface area contributed by atoms with Crippen molar-refractivity contribution in [2.75, 3.05) is 0 Å². The molecule has 1 saturated heterocycles. The van der Waals surface area contributed by atoms with Crippen molar-refractivity contribution in [3.63, 3.8) is 0 Å². The Balaban J connectivity index is 2.32. The normalized spacial score (nSPS) is 20.2. The van der Waals surface area contributed by atoms with Crippen molar-refractivity contribution in [2.24, 2.45) is 0 Å². The Labute approximate surface area is 121 Å². The van der Waals surface area contributed by atoms with Crippen LogP contribution in [0.1, 0.15) is 45.9 Å². The van der Waals surface area contributed by atoms with Crippen LogP contribution in [0.3, 0.4) is 0 Å². The molecule has 5 heteroatoms. The monoisotopic (exact) mass is 275 g/mol. The minimum atomic E-state index is -0.409. The van der Waals surface area contributed by atoms with Gasteiger partial charge in [0.2, 0.25) is 0 Å². The number of rotatable bonds is 3. The van der Waals surface area contributed by atoms with Gasteiger partial charge in [-0.05, 0) is 58.6 Å². The van der Waals surface area contributed by atoms with E-state index in [-0.39, 0.29) is 17.0 Å². The van der Waals surface area contributed by atoms with Crippen LogP contribution in [0.5, 0.6) is 0 Å². The first-order valence-electron chi connectivity index (χ1n) is 6.93. The standard InChI is InChI=1S/C15H22BNO3/c1-10-9-17-12(7-11(2)18)8-13(10)16-19-14(3,4)15(5,6)20-16/h8-9H,7H2,1-6H3. The summed E-state index contributed by atoms with van der Waals surface area (Å²) in [6.45, 7) is 11.7. The highest BCUT2D eigenvalue weighted by atomic mass is 16.7. The van der Waals surface area contributed by atoms with Crippen molar-refractivity contribution in [1.29, 1.82) is 0 Å². The lowest BCUT2D eigenvalue weighted by Gasteiger charge is -2.32. The summed E-state index contributed by atoms with van der Waals surface area (Å²) in [6.07, 6.45) is 2.12. The van der Waals surface area contributed by atoms with Crippen molar-refractivity contribution in [3.05, 3.63) is 23.5 Å². The first-order chi connectivity index (χ1) is 9.12. The molecule has 1 aromatic heterocycles. The number of Topliss-reactive ketones (excluding diaryl/α,β-unsaturated/α-hetero) is 1. The van der Waals surface area contributed by atoms with E-state index in [0.29, 0.717) is 6.42 Å². The summed E-state index contributed by atoms with van der Waals surface area (Å²) in [6, 6.07) is 1.92. The van der Waals surface area contributed by atoms with Crippen LogP contribution in [0, 0.1) is 6.92 Å². The number of aromatic nitrogens is 1. The topological polar surface area (TPSA) is 48.4 Å². The van der Waals surface area contributed by atoms with Gasteiger partial charge in [-0.1, -0.05) is 0 Å². The largest absolute Gasteiger partial charge is 0.495 e. The molecule has 0 spiro atoms. The quantitative estimate of drug-likeness (QED) is 0.789. The molecule has 0 bridgehead atoms. The smallest absolute Gasteiger partial charge is 0.399 e. The van der Waals surface area contributed by atoms with Crippen molar-refractivity contribution < 1.29 is 14.1 Å². The van der Waals surface area contributed by atoms with E-state index >= 15 is 0 Å². The summed E-state index contributed by atoms with van der Waals surface area (Å²) in [5.41, 5.74) is 1.99. The van der Waals surface area contributed by atoms with Crippen LogP contribution in [0.25, 0.3) is 0 Å². The van der Waals surface area contributed by atoms with Gasteiger partial charge in [0.05, 0.1) is 11.2 Å². The molecular weight excluding hydrogens is 253 g/mol. The Kier molecular flexibility index (Phi) is 3.78. The minimum absolute atomic E-state index is 0.0984. The fourth-order valence-corrected chi connectivity index (χ4v) is 2.16. The third kappa shape index (κ3) is 2.79. The number of nitrogens with zero attached hydrogens (tertiary/aromatic N) is 1. The molecule has 1 aliphatic rings. The number of aryl methyl sites for hydroxylation is 1. The van der Waals surface area contributed by atoms with Crippen molar-refractivity contribution in [2.45, 2.75) is 59.2 Å². The zero-order valence-corrected chi connectivity index (χ0v) is 13.1. The van der Waals surface area contributed by atoms with E-state index in [9.17, 15) is 4.79 Å². The van der Waals surface area contributed by atoms with E-state index in [4.69, 9.17) is 9.31 Å². The molecule has 1 aromatic rings. The fraction of sp³-hybridized carbons (Fsp3) is 0.600. The molecule has 20 heavy (non-hydrogen) atoms. The van der Waals surface area contributed by atoms with Gasteiger partial charge in [0, 0.05) is 18.3 Å². The molecule has 0 radical (unpaired) electrons. The Morgan fingerprint density at radius 2 is 1.80 bits per heavy atom. The third-order valence-electron chi connectivity index (χ3n) is 4.14. The number of ketones is 1.